The van der Waals surface area contributed by atoms with Gasteiger partial charge in [-0.2, -0.15) is 4.98 Å². The van der Waals surface area contributed by atoms with Gasteiger partial charge in [0.05, 0.1) is 25.4 Å². The second-order valence-electron chi connectivity index (χ2n) is 11.4. The van der Waals surface area contributed by atoms with Gasteiger partial charge in [-0.05, 0) is 68.2 Å². The molecule has 2 N–H and O–H groups in total. The summed E-state index contributed by atoms with van der Waals surface area (Å²) in [6, 6.07) is 10.2. The molecular formula is C30H36N6O3. The molecule has 1 aliphatic heterocycles. The molecule has 3 unspecified atom stereocenters. The molecule has 1 saturated heterocycles. The van der Waals surface area contributed by atoms with Crippen molar-refractivity contribution in [3.8, 4) is 23.1 Å². The lowest BCUT2D eigenvalue weighted by Crippen LogP contribution is -2.41. The summed E-state index contributed by atoms with van der Waals surface area (Å²) in [6.07, 6.45) is 5.49. The lowest BCUT2D eigenvalue weighted by Gasteiger charge is -2.27. The second-order valence-corrected chi connectivity index (χ2v) is 11.4. The summed E-state index contributed by atoms with van der Waals surface area (Å²) in [5.41, 5.74) is 10.6. The maximum Gasteiger partial charge on any atom is 0.254 e. The Hall–Kier alpha value is -3.59. The standard InChI is InChI=1S/C30H36N6O3/c1-4-11-34-27-21(12-20(14-24(27)38-2)30(37)36-16-19-7-9-22(36)26(19)31)32-29(34)23-13-18-8-10-25(39-3)33-28(18)35(23)15-17-5-6-17/h8,10,12-14,17,19,22,26H,4-7,9,11,15-16,31H2,1-3H3. The topological polar surface area (TPSA) is 100 Å². The maximum absolute atomic E-state index is 13.7. The fourth-order valence-corrected chi connectivity index (χ4v) is 6.75. The van der Waals surface area contributed by atoms with Gasteiger partial charge in [-0.25, -0.2) is 4.98 Å². The van der Waals surface area contributed by atoms with Crippen molar-refractivity contribution in [1.29, 1.82) is 0 Å². The van der Waals surface area contributed by atoms with E-state index in [0.29, 0.717) is 29.0 Å². The Morgan fingerprint density at radius 3 is 2.56 bits per heavy atom. The number of nitrogens with two attached hydrogens (primary N) is 1. The van der Waals surface area contributed by atoms with E-state index < -0.39 is 0 Å². The molecule has 2 bridgehead atoms. The van der Waals surface area contributed by atoms with Crippen LogP contribution in [0.3, 0.4) is 0 Å². The normalized spacial score (nSPS) is 22.4. The third kappa shape index (κ3) is 3.89. The number of rotatable bonds is 8. The molecule has 9 heteroatoms. The fraction of sp³-hybridized carbons (Fsp3) is 0.500. The molecule has 3 fully saturated rings. The lowest BCUT2D eigenvalue weighted by molar-refractivity contribution is 0.0700. The largest absolute Gasteiger partial charge is 0.494 e. The first-order valence-electron chi connectivity index (χ1n) is 14.2. The van der Waals surface area contributed by atoms with Gasteiger partial charge in [0.2, 0.25) is 5.88 Å². The summed E-state index contributed by atoms with van der Waals surface area (Å²) >= 11 is 0. The molecule has 2 aliphatic carbocycles. The number of likely N-dealkylation sites (tertiary alicyclic amines) is 1. The number of aryl methyl sites for hydroxylation is 1. The Morgan fingerprint density at radius 1 is 1.05 bits per heavy atom. The number of piperidine rings is 1. The minimum absolute atomic E-state index is 0.0172. The Morgan fingerprint density at radius 2 is 1.90 bits per heavy atom. The fourth-order valence-electron chi connectivity index (χ4n) is 6.75. The molecule has 1 amide bonds. The van der Waals surface area contributed by atoms with Crippen molar-refractivity contribution in [2.45, 2.75) is 64.2 Å². The van der Waals surface area contributed by atoms with E-state index in [4.69, 9.17) is 25.2 Å². The Balaban J connectivity index is 1.38. The molecule has 4 heterocycles. The van der Waals surface area contributed by atoms with Crippen LogP contribution in [0, 0.1) is 11.8 Å². The van der Waals surface area contributed by atoms with Crippen LogP contribution < -0.4 is 15.2 Å². The Labute approximate surface area is 227 Å². The number of carbonyl (C=O) groups excluding carboxylic acids is 1. The van der Waals surface area contributed by atoms with E-state index in [0.717, 1.165) is 72.5 Å². The zero-order valence-electron chi connectivity index (χ0n) is 22.9. The van der Waals surface area contributed by atoms with Crippen molar-refractivity contribution in [3.05, 3.63) is 35.9 Å². The molecule has 3 atom stereocenters. The lowest BCUT2D eigenvalue weighted by atomic mass is 10.1. The highest BCUT2D eigenvalue weighted by Gasteiger charge is 2.47. The third-order valence-corrected chi connectivity index (χ3v) is 8.93. The first-order valence-corrected chi connectivity index (χ1v) is 14.2. The smallest absolute Gasteiger partial charge is 0.254 e. The average molecular weight is 529 g/mol. The van der Waals surface area contributed by atoms with Crippen LogP contribution in [-0.4, -0.2) is 62.8 Å². The highest BCUT2D eigenvalue weighted by Crippen LogP contribution is 2.40. The van der Waals surface area contributed by atoms with Crippen LogP contribution in [0.4, 0.5) is 0 Å². The van der Waals surface area contributed by atoms with Crippen molar-refractivity contribution in [3.63, 3.8) is 0 Å². The van der Waals surface area contributed by atoms with Gasteiger partial charge in [0.15, 0.2) is 5.82 Å². The number of carbonyl (C=O) groups is 1. The zero-order chi connectivity index (χ0) is 26.8. The summed E-state index contributed by atoms with van der Waals surface area (Å²) < 4.78 is 15.9. The second kappa shape index (κ2) is 9.26. The minimum atomic E-state index is 0.0172. The SMILES string of the molecule is CCCn1c(-c2cc3ccc(OC)nc3n2CC2CC2)nc2cc(C(=O)N3CC4CCC3C4N)cc(OC)c21. The molecule has 39 heavy (non-hydrogen) atoms. The third-order valence-electron chi connectivity index (χ3n) is 8.93. The monoisotopic (exact) mass is 528 g/mol. The van der Waals surface area contributed by atoms with Crippen molar-refractivity contribution < 1.29 is 14.3 Å². The summed E-state index contributed by atoms with van der Waals surface area (Å²) in [5.74, 6) is 3.21. The van der Waals surface area contributed by atoms with Gasteiger partial charge < -0.3 is 29.2 Å². The van der Waals surface area contributed by atoms with Gasteiger partial charge in [0, 0.05) is 48.7 Å². The van der Waals surface area contributed by atoms with Crippen molar-refractivity contribution in [2.24, 2.45) is 17.6 Å². The number of pyridine rings is 1. The molecule has 0 spiro atoms. The van der Waals surface area contributed by atoms with Gasteiger partial charge in [-0.1, -0.05) is 6.92 Å². The first kappa shape index (κ1) is 24.5. The maximum atomic E-state index is 13.7. The number of methoxy groups -OCH3 is 2. The van der Waals surface area contributed by atoms with E-state index in [1.165, 1.54) is 12.8 Å². The van der Waals surface area contributed by atoms with Crippen LogP contribution in [-0.2, 0) is 13.1 Å². The van der Waals surface area contributed by atoms with Gasteiger partial charge in [-0.15, -0.1) is 0 Å². The molecule has 4 aromatic rings. The highest BCUT2D eigenvalue weighted by atomic mass is 16.5. The highest BCUT2D eigenvalue weighted by molar-refractivity contribution is 6.00. The number of benzene rings is 1. The van der Waals surface area contributed by atoms with Crippen molar-refractivity contribution in [2.75, 3.05) is 20.8 Å². The van der Waals surface area contributed by atoms with Crippen LogP contribution >= 0.6 is 0 Å². The number of amides is 1. The minimum Gasteiger partial charge on any atom is -0.494 e. The molecule has 204 valence electrons. The summed E-state index contributed by atoms with van der Waals surface area (Å²) in [5, 5.41) is 1.06. The van der Waals surface area contributed by atoms with Gasteiger partial charge >= 0.3 is 0 Å². The number of hydrogen-bond donors (Lipinski definition) is 1. The van der Waals surface area contributed by atoms with Crippen LogP contribution in [0.1, 0.15) is 49.4 Å². The molecule has 7 rings (SSSR count). The van der Waals surface area contributed by atoms with Crippen LogP contribution in [0.2, 0.25) is 0 Å². The molecule has 3 aliphatic rings. The average Bonchev–Trinajstić information content (AvgIpc) is 3.33. The van der Waals surface area contributed by atoms with Crippen molar-refractivity contribution in [1.82, 2.24) is 24.0 Å². The predicted molar refractivity (Wildman–Crippen MR) is 150 cm³/mol. The van der Waals surface area contributed by atoms with E-state index in [-0.39, 0.29) is 18.0 Å². The van der Waals surface area contributed by atoms with E-state index in [1.54, 1.807) is 14.2 Å². The van der Waals surface area contributed by atoms with Gasteiger partial charge in [-0.3, -0.25) is 4.79 Å². The summed E-state index contributed by atoms with van der Waals surface area (Å²) in [6.45, 7) is 4.57. The first-order chi connectivity index (χ1) is 19.0. The quantitative estimate of drug-likeness (QED) is 0.363. The number of fused-ring (bicyclic) bond motifs is 4. The number of nitrogens with zero attached hydrogens (tertiary/aromatic N) is 5. The molecule has 0 radical (unpaired) electrons. The van der Waals surface area contributed by atoms with Crippen LogP contribution in [0.25, 0.3) is 33.6 Å². The summed E-state index contributed by atoms with van der Waals surface area (Å²) in [7, 11) is 3.32. The van der Waals surface area contributed by atoms with Crippen LogP contribution in [0.5, 0.6) is 11.6 Å². The predicted octanol–water partition coefficient (Wildman–Crippen LogP) is 4.45. The number of hydrogen-bond acceptors (Lipinski definition) is 6. The van der Waals surface area contributed by atoms with E-state index in [9.17, 15) is 4.79 Å². The molecular weight excluding hydrogens is 492 g/mol. The number of aromatic nitrogens is 4. The molecule has 2 saturated carbocycles. The van der Waals surface area contributed by atoms with Crippen LogP contribution in [0.15, 0.2) is 30.3 Å². The molecule has 1 aromatic carbocycles. The van der Waals surface area contributed by atoms with Crippen molar-refractivity contribution >= 4 is 28.0 Å². The van der Waals surface area contributed by atoms with E-state index in [2.05, 4.69) is 28.2 Å². The summed E-state index contributed by atoms with van der Waals surface area (Å²) in [4.78, 5) is 25.7. The van der Waals surface area contributed by atoms with Gasteiger partial charge in [0.25, 0.3) is 5.91 Å². The molecule has 9 nitrogen and oxygen atoms in total. The van der Waals surface area contributed by atoms with Gasteiger partial charge in [0.1, 0.15) is 16.9 Å². The zero-order valence-corrected chi connectivity index (χ0v) is 22.9. The molecule has 3 aromatic heterocycles. The number of imidazole rings is 1. The number of ether oxygens (including phenoxy) is 2. The Bertz CT molecular complexity index is 1580. The van der Waals surface area contributed by atoms with E-state index in [1.807, 2.05) is 23.1 Å². The Kier molecular flexibility index (Phi) is 5.80. The van der Waals surface area contributed by atoms with E-state index >= 15 is 0 Å².